The molecule has 28 heavy (non-hydrogen) atoms. The zero-order valence-electron chi connectivity index (χ0n) is 15.6. The first kappa shape index (κ1) is 19.2. The molecule has 1 aromatic carbocycles. The molecule has 0 aliphatic rings. The fourth-order valence-electron chi connectivity index (χ4n) is 2.93. The van der Waals surface area contributed by atoms with Gasteiger partial charge in [0.05, 0.1) is 35.4 Å². The maximum Gasteiger partial charge on any atom is 0.345 e. The zero-order chi connectivity index (χ0) is 20.4. The van der Waals surface area contributed by atoms with Gasteiger partial charge in [0.2, 0.25) is 0 Å². The molecule has 0 aliphatic carbocycles. The standard InChI is InChI=1S/C18H19FN6O3/c1-11-8-17(25(27)28)24(21-11)10-16(26)20-18-12(2)22-23(13(18)3)9-14-6-4-5-7-15(14)19/h4-8H,9-10H2,1-3H3,(H,20,26). The predicted octanol–water partition coefficient (Wildman–Crippen LogP) is 2.74. The van der Waals surface area contributed by atoms with Crippen LogP contribution in [0.2, 0.25) is 0 Å². The van der Waals surface area contributed by atoms with E-state index in [0.717, 1.165) is 4.68 Å². The van der Waals surface area contributed by atoms with Crippen LogP contribution in [0, 0.1) is 36.7 Å². The SMILES string of the molecule is Cc1cc([N+](=O)[O-])n(CC(=O)Nc2c(C)nn(Cc3ccccc3F)c2C)n1. The molecule has 0 atom stereocenters. The summed E-state index contributed by atoms with van der Waals surface area (Å²) in [6, 6.07) is 7.70. The van der Waals surface area contributed by atoms with E-state index in [9.17, 15) is 19.3 Å². The molecule has 2 aromatic heterocycles. The first-order valence-corrected chi connectivity index (χ1v) is 8.52. The van der Waals surface area contributed by atoms with Gasteiger partial charge in [-0.05, 0) is 31.8 Å². The van der Waals surface area contributed by atoms with Crippen molar-refractivity contribution in [2.45, 2.75) is 33.9 Å². The Balaban J connectivity index is 1.78. The van der Waals surface area contributed by atoms with Gasteiger partial charge in [0.15, 0.2) is 6.54 Å². The van der Waals surface area contributed by atoms with Crippen LogP contribution in [0.15, 0.2) is 30.3 Å². The van der Waals surface area contributed by atoms with Crippen LogP contribution >= 0.6 is 0 Å². The van der Waals surface area contributed by atoms with Crippen molar-refractivity contribution in [2.75, 3.05) is 5.32 Å². The van der Waals surface area contributed by atoms with Crippen molar-refractivity contribution in [1.29, 1.82) is 0 Å². The summed E-state index contributed by atoms with van der Waals surface area (Å²) >= 11 is 0. The fourth-order valence-corrected chi connectivity index (χ4v) is 2.93. The number of hydrogen-bond donors (Lipinski definition) is 1. The number of hydrogen-bond acceptors (Lipinski definition) is 5. The van der Waals surface area contributed by atoms with Crippen LogP contribution in [-0.4, -0.2) is 30.4 Å². The molecule has 3 aromatic rings. The van der Waals surface area contributed by atoms with Crippen LogP contribution < -0.4 is 5.32 Å². The van der Waals surface area contributed by atoms with Crippen LogP contribution in [0.4, 0.5) is 15.9 Å². The van der Waals surface area contributed by atoms with Crippen molar-refractivity contribution in [1.82, 2.24) is 19.6 Å². The highest BCUT2D eigenvalue weighted by Crippen LogP contribution is 2.21. The number of aromatic nitrogens is 4. The van der Waals surface area contributed by atoms with Gasteiger partial charge in [-0.15, -0.1) is 4.68 Å². The average Bonchev–Trinajstić information content (AvgIpc) is 3.11. The fraction of sp³-hybridized carbons (Fsp3) is 0.278. The lowest BCUT2D eigenvalue weighted by Gasteiger charge is -2.07. The first-order chi connectivity index (χ1) is 13.3. The maximum atomic E-state index is 13.9. The molecule has 0 fully saturated rings. The molecule has 9 nitrogen and oxygen atoms in total. The van der Waals surface area contributed by atoms with Gasteiger partial charge in [-0.1, -0.05) is 23.3 Å². The van der Waals surface area contributed by atoms with E-state index in [1.54, 1.807) is 43.7 Å². The molecule has 0 bridgehead atoms. The largest absolute Gasteiger partial charge is 0.358 e. The predicted molar refractivity (Wildman–Crippen MR) is 99.5 cm³/mol. The summed E-state index contributed by atoms with van der Waals surface area (Å²) < 4.78 is 16.5. The molecular formula is C18H19FN6O3. The monoisotopic (exact) mass is 386 g/mol. The molecule has 146 valence electrons. The van der Waals surface area contributed by atoms with Gasteiger partial charge in [0.25, 0.3) is 5.91 Å². The third kappa shape index (κ3) is 3.90. The number of nitrogens with one attached hydrogen (secondary N) is 1. The Morgan fingerprint density at radius 2 is 1.93 bits per heavy atom. The molecule has 0 saturated carbocycles. The van der Waals surface area contributed by atoms with Gasteiger partial charge in [0.1, 0.15) is 5.82 Å². The van der Waals surface area contributed by atoms with Crippen molar-refractivity contribution < 1.29 is 14.1 Å². The highest BCUT2D eigenvalue weighted by Gasteiger charge is 2.21. The number of aryl methyl sites for hydroxylation is 2. The number of nitrogens with zero attached hydrogens (tertiary/aromatic N) is 5. The third-order valence-electron chi connectivity index (χ3n) is 4.29. The van der Waals surface area contributed by atoms with Crippen LogP contribution in [0.3, 0.4) is 0 Å². The second-order valence-corrected chi connectivity index (χ2v) is 6.40. The van der Waals surface area contributed by atoms with Crippen molar-refractivity contribution in [3.8, 4) is 0 Å². The van der Waals surface area contributed by atoms with E-state index < -0.39 is 10.8 Å². The molecule has 2 heterocycles. The van der Waals surface area contributed by atoms with Gasteiger partial charge in [-0.2, -0.15) is 5.10 Å². The van der Waals surface area contributed by atoms with Crippen molar-refractivity contribution in [3.05, 3.63) is 68.9 Å². The molecule has 1 N–H and O–H groups in total. The minimum atomic E-state index is -0.587. The van der Waals surface area contributed by atoms with Gasteiger partial charge in [-0.25, -0.2) is 4.39 Å². The number of halogens is 1. The molecular weight excluding hydrogens is 367 g/mol. The topological polar surface area (TPSA) is 108 Å². The minimum Gasteiger partial charge on any atom is -0.358 e. The van der Waals surface area contributed by atoms with Crippen LogP contribution in [0.1, 0.15) is 22.6 Å². The van der Waals surface area contributed by atoms with E-state index in [4.69, 9.17) is 0 Å². The number of amides is 1. The number of nitro groups is 1. The lowest BCUT2D eigenvalue weighted by molar-refractivity contribution is -0.392. The second-order valence-electron chi connectivity index (χ2n) is 6.40. The van der Waals surface area contributed by atoms with Gasteiger partial charge in [-0.3, -0.25) is 9.48 Å². The highest BCUT2D eigenvalue weighted by molar-refractivity contribution is 5.91. The third-order valence-corrected chi connectivity index (χ3v) is 4.29. The molecule has 0 spiro atoms. The lowest BCUT2D eigenvalue weighted by Crippen LogP contribution is -2.21. The minimum absolute atomic E-state index is 0.221. The molecule has 0 unspecified atom stereocenters. The summed E-state index contributed by atoms with van der Waals surface area (Å²) in [6.07, 6.45) is 0. The molecule has 0 saturated heterocycles. The van der Waals surface area contributed by atoms with Crippen molar-refractivity contribution in [3.63, 3.8) is 0 Å². The zero-order valence-corrected chi connectivity index (χ0v) is 15.6. The van der Waals surface area contributed by atoms with E-state index in [-0.39, 0.29) is 24.7 Å². The van der Waals surface area contributed by atoms with Crippen molar-refractivity contribution in [2.24, 2.45) is 0 Å². The normalized spacial score (nSPS) is 10.9. The van der Waals surface area contributed by atoms with Gasteiger partial charge >= 0.3 is 5.82 Å². The summed E-state index contributed by atoms with van der Waals surface area (Å²) in [5, 5.41) is 22.1. The Labute approximate surface area is 159 Å². The van der Waals surface area contributed by atoms with E-state index >= 15 is 0 Å². The van der Waals surface area contributed by atoms with E-state index in [1.165, 1.54) is 12.1 Å². The summed E-state index contributed by atoms with van der Waals surface area (Å²) in [7, 11) is 0. The van der Waals surface area contributed by atoms with Crippen LogP contribution in [-0.2, 0) is 17.9 Å². The first-order valence-electron chi connectivity index (χ1n) is 8.52. The summed E-state index contributed by atoms with van der Waals surface area (Å²) in [4.78, 5) is 22.9. The maximum absolute atomic E-state index is 13.9. The Kier molecular flexibility index (Phi) is 5.21. The summed E-state index contributed by atoms with van der Waals surface area (Å²) in [6.45, 7) is 5.01. The number of anilines is 1. The van der Waals surface area contributed by atoms with E-state index in [0.29, 0.717) is 28.3 Å². The lowest BCUT2D eigenvalue weighted by atomic mass is 10.2. The Bertz CT molecular complexity index is 1060. The smallest absolute Gasteiger partial charge is 0.345 e. The van der Waals surface area contributed by atoms with Gasteiger partial charge in [0, 0.05) is 5.56 Å². The quantitative estimate of drug-likeness (QED) is 0.518. The Morgan fingerprint density at radius 1 is 1.21 bits per heavy atom. The number of carbonyl (C=O) groups excluding carboxylic acids is 1. The Hall–Kier alpha value is -3.56. The number of carbonyl (C=O) groups is 1. The highest BCUT2D eigenvalue weighted by atomic mass is 19.1. The summed E-state index contributed by atoms with van der Waals surface area (Å²) in [5.41, 5.74) is 2.64. The van der Waals surface area contributed by atoms with Crippen molar-refractivity contribution >= 4 is 17.4 Å². The number of rotatable bonds is 6. The molecule has 10 heteroatoms. The van der Waals surface area contributed by atoms with E-state index in [2.05, 4.69) is 15.5 Å². The number of benzene rings is 1. The van der Waals surface area contributed by atoms with E-state index in [1.807, 2.05) is 0 Å². The molecule has 1 amide bonds. The summed E-state index contributed by atoms with van der Waals surface area (Å²) in [5.74, 6) is -1.05. The molecule has 0 aliphatic heterocycles. The second kappa shape index (κ2) is 7.59. The van der Waals surface area contributed by atoms with Crippen LogP contribution in [0.5, 0.6) is 0 Å². The van der Waals surface area contributed by atoms with Gasteiger partial charge < -0.3 is 15.4 Å². The average molecular weight is 386 g/mol. The molecule has 3 rings (SSSR count). The molecule has 0 radical (unpaired) electrons. The van der Waals surface area contributed by atoms with Crippen LogP contribution in [0.25, 0.3) is 0 Å². The Morgan fingerprint density at radius 3 is 2.61 bits per heavy atom.